The zero-order valence-electron chi connectivity index (χ0n) is 13.3. The van der Waals surface area contributed by atoms with E-state index in [9.17, 15) is 5.11 Å². The van der Waals surface area contributed by atoms with Crippen LogP contribution in [0.1, 0.15) is 6.42 Å². The van der Waals surface area contributed by atoms with Crippen molar-refractivity contribution >= 4 is 23.4 Å². The van der Waals surface area contributed by atoms with Gasteiger partial charge in [-0.1, -0.05) is 24.3 Å². The number of aliphatic hydroxyl groups is 1. The van der Waals surface area contributed by atoms with Gasteiger partial charge in [0, 0.05) is 17.5 Å². The van der Waals surface area contributed by atoms with E-state index in [2.05, 4.69) is 10.3 Å². The van der Waals surface area contributed by atoms with Gasteiger partial charge < -0.3 is 20.9 Å². The van der Waals surface area contributed by atoms with Gasteiger partial charge in [0.05, 0.1) is 12.1 Å². The Labute approximate surface area is 145 Å². The average Bonchev–Trinajstić information content (AvgIpc) is 3.02. The molecule has 3 rings (SSSR count). The van der Waals surface area contributed by atoms with Gasteiger partial charge in [-0.25, -0.2) is 0 Å². The molecule has 5 nitrogen and oxygen atoms in total. The molecule has 1 unspecified atom stereocenters. The molecule has 0 aromatic heterocycles. The average molecular weight is 343 g/mol. The van der Waals surface area contributed by atoms with Gasteiger partial charge in [0.15, 0.2) is 5.96 Å². The van der Waals surface area contributed by atoms with E-state index in [1.165, 1.54) is 0 Å². The summed E-state index contributed by atoms with van der Waals surface area (Å²) in [6.07, 6.45) is 0.759. The topological polar surface area (TPSA) is 79.9 Å². The van der Waals surface area contributed by atoms with Crippen molar-refractivity contribution in [3.05, 3.63) is 54.6 Å². The van der Waals surface area contributed by atoms with E-state index in [1.54, 1.807) is 11.8 Å². The molecule has 1 heterocycles. The van der Waals surface area contributed by atoms with Crippen LogP contribution >= 0.6 is 11.8 Å². The van der Waals surface area contributed by atoms with Gasteiger partial charge in [0.1, 0.15) is 11.5 Å². The maximum absolute atomic E-state index is 10.3. The minimum atomic E-state index is -0.727. The maximum Gasteiger partial charge on any atom is 0.193 e. The van der Waals surface area contributed by atoms with Crippen LogP contribution in [0.15, 0.2) is 59.6 Å². The monoisotopic (exact) mass is 343 g/mol. The summed E-state index contributed by atoms with van der Waals surface area (Å²) >= 11 is 1.74. The first kappa shape index (κ1) is 16.7. The molecule has 2 aromatic rings. The summed E-state index contributed by atoms with van der Waals surface area (Å²) in [5.41, 5.74) is 5.99. The molecule has 1 atom stereocenters. The smallest absolute Gasteiger partial charge is 0.193 e. The number of nitrogens with zero attached hydrogens (tertiary/aromatic N) is 1. The second-order valence-corrected chi connectivity index (χ2v) is 6.90. The number of nitrogens with one attached hydrogen (secondary N) is 1. The highest BCUT2D eigenvalue weighted by molar-refractivity contribution is 7.99. The maximum atomic E-state index is 10.3. The lowest BCUT2D eigenvalue weighted by Crippen LogP contribution is -2.34. The Hall–Kier alpha value is -2.18. The number of para-hydroxylation sites is 1. The molecule has 6 heteroatoms. The molecule has 1 aliphatic heterocycles. The van der Waals surface area contributed by atoms with Gasteiger partial charge in [0.2, 0.25) is 0 Å². The number of hydrogen-bond acceptors (Lipinski definition) is 4. The van der Waals surface area contributed by atoms with Crippen LogP contribution in [0.4, 0.5) is 5.69 Å². The van der Waals surface area contributed by atoms with Crippen molar-refractivity contribution in [1.29, 1.82) is 0 Å². The minimum absolute atomic E-state index is 0.289. The molecule has 1 aliphatic rings. The quantitative estimate of drug-likeness (QED) is 0.574. The van der Waals surface area contributed by atoms with Crippen LogP contribution in [-0.4, -0.2) is 34.7 Å². The Morgan fingerprint density at radius 3 is 2.75 bits per heavy atom. The molecule has 126 valence electrons. The molecule has 0 spiro atoms. The number of thioether (sulfide) groups is 1. The zero-order valence-corrected chi connectivity index (χ0v) is 14.1. The number of nitrogens with two attached hydrogens (primary N) is 1. The van der Waals surface area contributed by atoms with E-state index in [0.717, 1.165) is 23.6 Å². The van der Waals surface area contributed by atoms with Crippen molar-refractivity contribution in [2.24, 2.45) is 10.7 Å². The Kier molecular flexibility index (Phi) is 5.27. The van der Waals surface area contributed by atoms with Gasteiger partial charge >= 0.3 is 0 Å². The summed E-state index contributed by atoms with van der Waals surface area (Å²) in [7, 11) is 0. The van der Waals surface area contributed by atoms with Crippen molar-refractivity contribution in [3.8, 4) is 11.5 Å². The largest absolute Gasteiger partial charge is 0.457 e. The first-order valence-corrected chi connectivity index (χ1v) is 8.99. The van der Waals surface area contributed by atoms with E-state index in [4.69, 9.17) is 10.5 Å². The van der Waals surface area contributed by atoms with Crippen molar-refractivity contribution in [2.75, 3.05) is 23.4 Å². The molecule has 0 amide bonds. The molecule has 4 N–H and O–H groups in total. The summed E-state index contributed by atoms with van der Waals surface area (Å²) in [5.74, 6) is 3.46. The summed E-state index contributed by atoms with van der Waals surface area (Å²) in [6.45, 7) is 0.318. The predicted octanol–water partition coefficient (Wildman–Crippen LogP) is 3.07. The Bertz CT molecular complexity index is 700. The van der Waals surface area contributed by atoms with Crippen LogP contribution in [-0.2, 0) is 0 Å². The number of anilines is 1. The van der Waals surface area contributed by atoms with Gasteiger partial charge in [-0.2, -0.15) is 11.8 Å². The third-order valence-electron chi connectivity index (χ3n) is 3.71. The summed E-state index contributed by atoms with van der Waals surface area (Å²) in [6, 6.07) is 17.1. The highest BCUT2D eigenvalue weighted by Gasteiger charge is 2.31. The van der Waals surface area contributed by atoms with Gasteiger partial charge in [0.25, 0.3) is 0 Å². The summed E-state index contributed by atoms with van der Waals surface area (Å²) in [4.78, 5) is 4.27. The number of ether oxygens (including phenoxy) is 1. The normalized spacial score (nSPS) is 20.8. The molecule has 1 fully saturated rings. The lowest BCUT2D eigenvalue weighted by molar-refractivity contribution is 0.0780. The number of aliphatic imine (C=N–C) groups is 1. The highest BCUT2D eigenvalue weighted by atomic mass is 32.2. The zero-order chi connectivity index (χ0) is 16.8. The molecule has 24 heavy (non-hydrogen) atoms. The SMILES string of the molecule is NC(=NCC1(O)CCSC1)Nc1cccc(Oc2ccccc2)c1. The third kappa shape index (κ3) is 4.66. The van der Waals surface area contributed by atoms with Crippen LogP contribution < -0.4 is 15.8 Å². The summed E-state index contributed by atoms with van der Waals surface area (Å²) < 4.78 is 5.79. The molecule has 0 aliphatic carbocycles. The molecule has 2 aromatic carbocycles. The van der Waals surface area contributed by atoms with Crippen LogP contribution in [0.25, 0.3) is 0 Å². The molecule has 0 saturated carbocycles. The second kappa shape index (κ2) is 7.59. The van der Waals surface area contributed by atoms with Crippen LogP contribution in [0.5, 0.6) is 11.5 Å². The second-order valence-electron chi connectivity index (χ2n) is 5.80. The van der Waals surface area contributed by atoms with E-state index in [0.29, 0.717) is 18.0 Å². The fourth-order valence-electron chi connectivity index (χ4n) is 2.40. The van der Waals surface area contributed by atoms with Crippen LogP contribution in [0.3, 0.4) is 0 Å². The van der Waals surface area contributed by atoms with Crippen LogP contribution in [0.2, 0.25) is 0 Å². The Balaban J connectivity index is 1.61. The number of guanidine groups is 1. The third-order valence-corrected chi connectivity index (χ3v) is 4.95. The van der Waals surface area contributed by atoms with E-state index >= 15 is 0 Å². The van der Waals surface area contributed by atoms with Gasteiger partial charge in [-0.15, -0.1) is 0 Å². The van der Waals surface area contributed by atoms with E-state index in [-0.39, 0.29) is 5.96 Å². The van der Waals surface area contributed by atoms with Crippen molar-refractivity contribution in [3.63, 3.8) is 0 Å². The molecule has 1 saturated heterocycles. The lowest BCUT2D eigenvalue weighted by atomic mass is 10.1. The molecule has 0 bridgehead atoms. The molecular weight excluding hydrogens is 322 g/mol. The lowest BCUT2D eigenvalue weighted by Gasteiger charge is -2.18. The van der Waals surface area contributed by atoms with Crippen molar-refractivity contribution < 1.29 is 9.84 Å². The molecular formula is C18H21N3O2S. The predicted molar refractivity (Wildman–Crippen MR) is 100.0 cm³/mol. The fraction of sp³-hybridized carbons (Fsp3) is 0.278. The number of hydrogen-bond donors (Lipinski definition) is 3. The highest BCUT2D eigenvalue weighted by Crippen LogP contribution is 2.28. The van der Waals surface area contributed by atoms with Gasteiger partial charge in [-0.3, -0.25) is 4.99 Å². The standard InChI is InChI=1S/C18H21N3O2S/c19-17(20-12-18(22)9-10-24-13-18)21-14-5-4-8-16(11-14)23-15-6-2-1-3-7-15/h1-8,11,22H,9-10,12-13H2,(H3,19,20,21). The van der Waals surface area contributed by atoms with E-state index < -0.39 is 5.60 Å². The van der Waals surface area contributed by atoms with Crippen molar-refractivity contribution in [1.82, 2.24) is 0 Å². The Morgan fingerprint density at radius 1 is 1.21 bits per heavy atom. The molecule has 0 radical (unpaired) electrons. The van der Waals surface area contributed by atoms with Crippen molar-refractivity contribution in [2.45, 2.75) is 12.0 Å². The fourth-order valence-corrected chi connectivity index (χ4v) is 3.69. The summed E-state index contributed by atoms with van der Waals surface area (Å²) in [5, 5.41) is 13.3. The minimum Gasteiger partial charge on any atom is -0.457 e. The first-order valence-electron chi connectivity index (χ1n) is 7.83. The van der Waals surface area contributed by atoms with Gasteiger partial charge in [-0.05, 0) is 36.4 Å². The van der Waals surface area contributed by atoms with E-state index in [1.807, 2.05) is 54.6 Å². The number of benzene rings is 2. The Morgan fingerprint density at radius 2 is 2.00 bits per heavy atom. The van der Waals surface area contributed by atoms with Crippen LogP contribution in [0, 0.1) is 0 Å². The number of rotatable bonds is 5. The first-order chi connectivity index (χ1) is 11.6.